The summed E-state index contributed by atoms with van der Waals surface area (Å²) in [5.74, 6) is 0.143. The fourth-order valence-electron chi connectivity index (χ4n) is 2.89. The number of hydrogen-bond acceptors (Lipinski definition) is 4. The maximum absolute atomic E-state index is 11.6. The molecule has 1 unspecified atom stereocenters. The second-order valence-corrected chi connectivity index (χ2v) is 5.52. The highest BCUT2D eigenvalue weighted by Crippen LogP contribution is 2.15. The zero-order valence-electron chi connectivity index (χ0n) is 12.2. The molecule has 2 amide bonds. The molecule has 2 fully saturated rings. The second kappa shape index (κ2) is 7.47. The smallest absolute Gasteiger partial charge is 0.409 e. The van der Waals surface area contributed by atoms with Crippen LogP contribution in [-0.4, -0.2) is 55.2 Å². The first-order valence-electron chi connectivity index (χ1n) is 7.63. The molecule has 0 aliphatic carbocycles. The normalized spacial score (nSPS) is 24.9. The molecule has 0 saturated carbocycles. The number of nitrogens with one attached hydrogen (secondary N) is 2. The number of hydrogen-bond donors (Lipinski definition) is 2. The van der Waals surface area contributed by atoms with E-state index in [9.17, 15) is 9.59 Å². The summed E-state index contributed by atoms with van der Waals surface area (Å²) in [7, 11) is 0. The minimum absolute atomic E-state index is 0.143. The number of rotatable bonds is 3. The van der Waals surface area contributed by atoms with Crippen molar-refractivity contribution in [2.24, 2.45) is 0 Å². The molecule has 2 aliphatic rings. The van der Waals surface area contributed by atoms with Crippen molar-refractivity contribution in [3.05, 3.63) is 0 Å². The van der Waals surface area contributed by atoms with Gasteiger partial charge in [0.25, 0.3) is 0 Å². The molecule has 6 heteroatoms. The Morgan fingerprint density at radius 2 is 2.10 bits per heavy atom. The molecule has 0 radical (unpaired) electrons. The van der Waals surface area contributed by atoms with E-state index < -0.39 is 0 Å². The van der Waals surface area contributed by atoms with E-state index in [0.29, 0.717) is 19.1 Å². The van der Waals surface area contributed by atoms with Crippen LogP contribution in [-0.2, 0) is 9.53 Å². The topological polar surface area (TPSA) is 70.7 Å². The van der Waals surface area contributed by atoms with Crippen molar-refractivity contribution < 1.29 is 14.3 Å². The lowest BCUT2D eigenvalue weighted by molar-refractivity contribution is -0.121. The van der Waals surface area contributed by atoms with E-state index in [2.05, 4.69) is 10.6 Å². The number of ether oxygens (including phenoxy) is 1. The van der Waals surface area contributed by atoms with Crippen molar-refractivity contribution in [1.29, 1.82) is 0 Å². The van der Waals surface area contributed by atoms with Crippen molar-refractivity contribution in [1.82, 2.24) is 15.5 Å². The van der Waals surface area contributed by atoms with Gasteiger partial charge in [0.05, 0.1) is 6.61 Å². The molecule has 2 N–H and O–H groups in total. The summed E-state index contributed by atoms with van der Waals surface area (Å²) < 4.78 is 5.01. The van der Waals surface area contributed by atoms with E-state index in [4.69, 9.17) is 4.74 Å². The lowest BCUT2D eigenvalue weighted by Crippen LogP contribution is -2.48. The van der Waals surface area contributed by atoms with Crippen LogP contribution in [0.4, 0.5) is 4.79 Å². The fourth-order valence-corrected chi connectivity index (χ4v) is 2.89. The Kier molecular flexibility index (Phi) is 5.64. The number of likely N-dealkylation sites (tertiary alicyclic amines) is 1. The highest BCUT2D eigenvalue weighted by Gasteiger charge is 2.26. The number of carbonyl (C=O) groups excluding carboxylic acids is 2. The lowest BCUT2D eigenvalue weighted by Gasteiger charge is -2.33. The minimum Gasteiger partial charge on any atom is -0.450 e. The SMILES string of the molecule is CCOC(=O)N1CCC(NC2CCCNC(=O)C2)CC1. The molecule has 114 valence electrons. The third kappa shape index (κ3) is 4.37. The van der Waals surface area contributed by atoms with Crippen molar-refractivity contribution in [3.63, 3.8) is 0 Å². The molecule has 0 spiro atoms. The summed E-state index contributed by atoms with van der Waals surface area (Å²) in [5.41, 5.74) is 0. The van der Waals surface area contributed by atoms with Gasteiger partial charge in [-0.05, 0) is 32.6 Å². The first kappa shape index (κ1) is 15.1. The molecule has 2 rings (SSSR count). The van der Waals surface area contributed by atoms with Crippen molar-refractivity contribution in [2.75, 3.05) is 26.2 Å². The monoisotopic (exact) mass is 283 g/mol. The third-order valence-electron chi connectivity index (χ3n) is 3.98. The zero-order valence-corrected chi connectivity index (χ0v) is 12.2. The van der Waals surface area contributed by atoms with Crippen LogP contribution in [0.3, 0.4) is 0 Å². The van der Waals surface area contributed by atoms with Crippen molar-refractivity contribution >= 4 is 12.0 Å². The van der Waals surface area contributed by atoms with Crippen molar-refractivity contribution in [2.45, 2.75) is 51.1 Å². The predicted octanol–water partition coefficient (Wildman–Crippen LogP) is 0.866. The van der Waals surface area contributed by atoms with E-state index in [1.807, 2.05) is 6.92 Å². The summed E-state index contributed by atoms with van der Waals surface area (Å²) in [6.07, 6.45) is 4.29. The maximum atomic E-state index is 11.6. The molecule has 0 bridgehead atoms. The van der Waals surface area contributed by atoms with E-state index in [1.54, 1.807) is 4.90 Å². The van der Waals surface area contributed by atoms with E-state index in [1.165, 1.54) is 0 Å². The summed E-state index contributed by atoms with van der Waals surface area (Å²) in [4.78, 5) is 24.9. The Balaban J connectivity index is 1.73. The van der Waals surface area contributed by atoms with E-state index >= 15 is 0 Å². The van der Waals surface area contributed by atoms with E-state index in [-0.39, 0.29) is 18.0 Å². The molecular weight excluding hydrogens is 258 g/mol. The molecule has 0 aromatic rings. The molecule has 2 heterocycles. The Labute approximate surface area is 120 Å². The van der Waals surface area contributed by atoms with Crippen LogP contribution in [0.15, 0.2) is 0 Å². The van der Waals surface area contributed by atoms with Crippen LogP contribution in [0, 0.1) is 0 Å². The van der Waals surface area contributed by atoms with E-state index in [0.717, 1.165) is 45.3 Å². The average Bonchev–Trinajstić information content (AvgIpc) is 2.64. The van der Waals surface area contributed by atoms with Gasteiger partial charge in [0, 0.05) is 38.1 Å². The zero-order chi connectivity index (χ0) is 14.4. The lowest BCUT2D eigenvalue weighted by atomic mass is 10.0. The van der Waals surface area contributed by atoms with Crippen LogP contribution in [0.5, 0.6) is 0 Å². The van der Waals surface area contributed by atoms with Gasteiger partial charge in [-0.1, -0.05) is 0 Å². The van der Waals surface area contributed by atoms with Gasteiger partial charge < -0.3 is 20.3 Å². The molecule has 1 atom stereocenters. The van der Waals surface area contributed by atoms with Gasteiger partial charge in [0.1, 0.15) is 0 Å². The molecule has 20 heavy (non-hydrogen) atoms. The highest BCUT2D eigenvalue weighted by molar-refractivity contribution is 5.76. The van der Waals surface area contributed by atoms with Gasteiger partial charge in [0.2, 0.25) is 5.91 Å². The number of amides is 2. The van der Waals surface area contributed by atoms with Gasteiger partial charge in [-0.3, -0.25) is 4.79 Å². The van der Waals surface area contributed by atoms with Gasteiger partial charge in [0.15, 0.2) is 0 Å². The average molecular weight is 283 g/mol. The maximum Gasteiger partial charge on any atom is 0.409 e. The van der Waals surface area contributed by atoms with Crippen LogP contribution in [0.1, 0.15) is 39.0 Å². The van der Waals surface area contributed by atoms with Gasteiger partial charge in [-0.15, -0.1) is 0 Å². The largest absolute Gasteiger partial charge is 0.450 e. The van der Waals surface area contributed by atoms with Gasteiger partial charge in [-0.2, -0.15) is 0 Å². The van der Waals surface area contributed by atoms with Crippen molar-refractivity contribution in [3.8, 4) is 0 Å². The molecule has 0 aromatic carbocycles. The number of nitrogens with zero attached hydrogens (tertiary/aromatic N) is 1. The van der Waals surface area contributed by atoms with Gasteiger partial charge >= 0.3 is 6.09 Å². The van der Waals surface area contributed by atoms with Gasteiger partial charge in [-0.25, -0.2) is 4.79 Å². The molecule has 6 nitrogen and oxygen atoms in total. The summed E-state index contributed by atoms with van der Waals surface area (Å²) >= 11 is 0. The standard InChI is InChI=1S/C14H25N3O3/c1-2-20-14(19)17-8-5-11(6-9-17)16-12-4-3-7-15-13(18)10-12/h11-12,16H,2-10H2,1H3,(H,15,18). The quantitative estimate of drug-likeness (QED) is 0.806. The Bertz CT molecular complexity index is 341. The number of piperidine rings is 1. The molecule has 2 aliphatic heterocycles. The summed E-state index contributed by atoms with van der Waals surface area (Å²) in [5, 5.41) is 6.48. The second-order valence-electron chi connectivity index (χ2n) is 5.52. The fraction of sp³-hybridized carbons (Fsp3) is 0.857. The van der Waals surface area contributed by atoms with Crippen LogP contribution in [0.2, 0.25) is 0 Å². The minimum atomic E-state index is -0.209. The Morgan fingerprint density at radius 3 is 2.80 bits per heavy atom. The third-order valence-corrected chi connectivity index (χ3v) is 3.98. The molecular formula is C14H25N3O3. The summed E-state index contributed by atoms with van der Waals surface area (Å²) in [6, 6.07) is 0.674. The highest BCUT2D eigenvalue weighted by atomic mass is 16.6. The first-order valence-corrected chi connectivity index (χ1v) is 7.63. The number of carbonyl (C=O) groups is 2. The van der Waals surface area contributed by atoms with Crippen LogP contribution in [0.25, 0.3) is 0 Å². The molecule has 0 aromatic heterocycles. The van der Waals surface area contributed by atoms with Crippen LogP contribution >= 0.6 is 0 Å². The summed E-state index contributed by atoms with van der Waals surface area (Å²) in [6.45, 7) is 4.50. The Hall–Kier alpha value is -1.30. The Morgan fingerprint density at radius 1 is 1.35 bits per heavy atom. The first-order chi connectivity index (χ1) is 9.69. The van der Waals surface area contributed by atoms with Crippen LogP contribution < -0.4 is 10.6 Å². The predicted molar refractivity (Wildman–Crippen MR) is 75.4 cm³/mol. The molecule has 2 saturated heterocycles.